The molecule has 0 bridgehead atoms. The molecule has 1 aliphatic heterocycles. The van der Waals surface area contributed by atoms with Crippen molar-refractivity contribution in [1.82, 2.24) is 5.32 Å². The molecule has 1 fully saturated rings. The van der Waals surface area contributed by atoms with Crippen LogP contribution in [0.3, 0.4) is 0 Å². The van der Waals surface area contributed by atoms with E-state index in [2.05, 4.69) is 5.32 Å². The van der Waals surface area contributed by atoms with Gasteiger partial charge in [-0.1, -0.05) is 12.1 Å². The van der Waals surface area contributed by atoms with E-state index in [0.29, 0.717) is 13.2 Å². The van der Waals surface area contributed by atoms with Crippen LogP contribution < -0.4 is 5.32 Å². The van der Waals surface area contributed by atoms with Crippen molar-refractivity contribution in [2.24, 2.45) is 0 Å². The van der Waals surface area contributed by atoms with Gasteiger partial charge >= 0.3 is 0 Å². The third-order valence-corrected chi connectivity index (χ3v) is 3.25. The molecule has 2 rings (SSSR count). The summed E-state index contributed by atoms with van der Waals surface area (Å²) in [5.41, 5.74) is 0.783. The standard InChI is InChI=1S/C14H21NO4/c1-10(15-7-6-13-18-8-9-19-13)14(17)11-2-4-12(16)5-3-11/h2-5,10,13-17H,6-9H2,1H3. The van der Waals surface area contributed by atoms with Crippen LogP contribution in [0.1, 0.15) is 25.0 Å². The number of phenols is 1. The van der Waals surface area contributed by atoms with E-state index in [1.54, 1.807) is 24.3 Å². The average molecular weight is 267 g/mol. The highest BCUT2D eigenvalue weighted by Crippen LogP contribution is 2.19. The van der Waals surface area contributed by atoms with E-state index in [9.17, 15) is 10.2 Å². The molecule has 5 nitrogen and oxygen atoms in total. The molecule has 1 aromatic carbocycles. The lowest BCUT2D eigenvalue weighted by atomic mass is 10.0. The zero-order chi connectivity index (χ0) is 13.7. The lowest BCUT2D eigenvalue weighted by Gasteiger charge is -2.21. The fourth-order valence-corrected chi connectivity index (χ4v) is 2.07. The Morgan fingerprint density at radius 2 is 1.89 bits per heavy atom. The van der Waals surface area contributed by atoms with Gasteiger partial charge < -0.3 is 25.0 Å². The van der Waals surface area contributed by atoms with Crippen molar-refractivity contribution < 1.29 is 19.7 Å². The molecule has 0 aromatic heterocycles. The SMILES string of the molecule is CC(NCCC1OCCO1)C(O)c1ccc(O)cc1. The molecule has 1 heterocycles. The Morgan fingerprint density at radius 3 is 2.53 bits per heavy atom. The van der Waals surface area contributed by atoms with Gasteiger partial charge in [0.25, 0.3) is 0 Å². The van der Waals surface area contributed by atoms with E-state index in [4.69, 9.17) is 9.47 Å². The van der Waals surface area contributed by atoms with Crippen molar-refractivity contribution in [2.75, 3.05) is 19.8 Å². The van der Waals surface area contributed by atoms with Crippen molar-refractivity contribution in [1.29, 1.82) is 0 Å². The maximum absolute atomic E-state index is 10.2. The van der Waals surface area contributed by atoms with Gasteiger partial charge in [-0.25, -0.2) is 0 Å². The van der Waals surface area contributed by atoms with Crippen molar-refractivity contribution in [3.8, 4) is 5.75 Å². The minimum atomic E-state index is -0.606. The molecule has 5 heteroatoms. The van der Waals surface area contributed by atoms with Crippen LogP contribution in [0.15, 0.2) is 24.3 Å². The van der Waals surface area contributed by atoms with Gasteiger partial charge in [-0.3, -0.25) is 0 Å². The van der Waals surface area contributed by atoms with Crippen LogP contribution in [0.2, 0.25) is 0 Å². The Bertz CT molecular complexity index is 376. The van der Waals surface area contributed by atoms with Crippen LogP contribution in [-0.2, 0) is 9.47 Å². The van der Waals surface area contributed by atoms with E-state index < -0.39 is 6.10 Å². The number of ether oxygens (including phenoxy) is 2. The van der Waals surface area contributed by atoms with Gasteiger partial charge in [0.1, 0.15) is 5.75 Å². The van der Waals surface area contributed by atoms with Crippen LogP contribution >= 0.6 is 0 Å². The number of hydrogen-bond donors (Lipinski definition) is 3. The summed E-state index contributed by atoms with van der Waals surface area (Å²) >= 11 is 0. The number of nitrogens with one attached hydrogen (secondary N) is 1. The van der Waals surface area contributed by atoms with E-state index in [1.807, 2.05) is 6.92 Å². The molecule has 0 saturated carbocycles. The molecule has 0 amide bonds. The van der Waals surface area contributed by atoms with Crippen LogP contribution in [0.4, 0.5) is 0 Å². The molecule has 0 spiro atoms. The van der Waals surface area contributed by atoms with Crippen molar-refractivity contribution in [2.45, 2.75) is 31.8 Å². The normalized spacial score (nSPS) is 19.5. The highest BCUT2D eigenvalue weighted by atomic mass is 16.7. The van der Waals surface area contributed by atoms with Gasteiger partial charge in [0, 0.05) is 19.0 Å². The minimum Gasteiger partial charge on any atom is -0.508 e. The Kier molecular flexibility index (Phi) is 5.15. The predicted molar refractivity (Wildman–Crippen MR) is 70.8 cm³/mol. The second kappa shape index (κ2) is 6.86. The first-order chi connectivity index (χ1) is 9.16. The van der Waals surface area contributed by atoms with Gasteiger partial charge in [-0.2, -0.15) is 0 Å². The van der Waals surface area contributed by atoms with E-state index in [1.165, 1.54) is 0 Å². The molecule has 19 heavy (non-hydrogen) atoms. The highest BCUT2D eigenvalue weighted by Gasteiger charge is 2.18. The number of phenolic OH excluding ortho intramolecular Hbond substituents is 1. The summed E-state index contributed by atoms with van der Waals surface area (Å²) in [6, 6.07) is 6.52. The van der Waals surface area contributed by atoms with Gasteiger partial charge in [0.05, 0.1) is 19.3 Å². The zero-order valence-electron chi connectivity index (χ0n) is 11.1. The maximum Gasteiger partial charge on any atom is 0.159 e. The van der Waals surface area contributed by atoms with Crippen LogP contribution in [0.5, 0.6) is 5.75 Å². The summed E-state index contributed by atoms with van der Waals surface area (Å²) in [6.45, 7) is 3.97. The number of aliphatic hydroxyl groups excluding tert-OH is 1. The molecular formula is C14H21NO4. The molecule has 0 aliphatic carbocycles. The molecule has 2 unspecified atom stereocenters. The summed E-state index contributed by atoms with van der Waals surface area (Å²) in [4.78, 5) is 0. The summed E-state index contributed by atoms with van der Waals surface area (Å²) in [7, 11) is 0. The van der Waals surface area contributed by atoms with Gasteiger partial charge in [0.15, 0.2) is 6.29 Å². The quantitative estimate of drug-likeness (QED) is 0.721. The zero-order valence-corrected chi connectivity index (χ0v) is 11.1. The minimum absolute atomic E-state index is 0.0778. The molecule has 106 valence electrons. The summed E-state index contributed by atoms with van der Waals surface area (Å²) in [5.74, 6) is 0.201. The maximum atomic E-state index is 10.2. The number of hydrogen-bond acceptors (Lipinski definition) is 5. The molecule has 2 atom stereocenters. The number of rotatable bonds is 6. The van der Waals surface area contributed by atoms with Crippen LogP contribution in [0.25, 0.3) is 0 Å². The number of benzene rings is 1. The largest absolute Gasteiger partial charge is 0.508 e. The second-order valence-corrected chi connectivity index (χ2v) is 4.74. The Balaban J connectivity index is 1.75. The predicted octanol–water partition coefficient (Wildman–Crippen LogP) is 1.17. The molecule has 1 aliphatic rings. The highest BCUT2D eigenvalue weighted by molar-refractivity contribution is 5.27. The van der Waals surface area contributed by atoms with Crippen molar-refractivity contribution in [3.63, 3.8) is 0 Å². The lowest BCUT2D eigenvalue weighted by molar-refractivity contribution is -0.0468. The first-order valence-electron chi connectivity index (χ1n) is 6.60. The van der Waals surface area contributed by atoms with Crippen LogP contribution in [-0.4, -0.2) is 42.3 Å². The topological polar surface area (TPSA) is 71.0 Å². The fourth-order valence-electron chi connectivity index (χ4n) is 2.07. The molecule has 1 saturated heterocycles. The molecule has 0 radical (unpaired) electrons. The first kappa shape index (κ1) is 14.3. The summed E-state index contributed by atoms with van der Waals surface area (Å²) in [5, 5.41) is 22.6. The summed E-state index contributed by atoms with van der Waals surface area (Å²) < 4.78 is 10.7. The molecular weight excluding hydrogens is 246 g/mol. The molecule has 1 aromatic rings. The average Bonchev–Trinajstić information content (AvgIpc) is 2.92. The Labute approximate surface area is 113 Å². The smallest absolute Gasteiger partial charge is 0.159 e. The van der Waals surface area contributed by atoms with Gasteiger partial charge in [0.2, 0.25) is 0 Å². The first-order valence-corrected chi connectivity index (χ1v) is 6.60. The van der Waals surface area contributed by atoms with E-state index >= 15 is 0 Å². The van der Waals surface area contributed by atoms with Gasteiger partial charge in [-0.15, -0.1) is 0 Å². The summed E-state index contributed by atoms with van der Waals surface area (Å²) in [6.07, 6.45) is 0.0450. The number of aliphatic hydroxyl groups is 1. The molecule has 3 N–H and O–H groups in total. The Hall–Kier alpha value is -1.14. The van der Waals surface area contributed by atoms with Crippen LogP contribution in [0, 0.1) is 0 Å². The van der Waals surface area contributed by atoms with Crippen molar-refractivity contribution >= 4 is 0 Å². The third-order valence-electron chi connectivity index (χ3n) is 3.25. The monoisotopic (exact) mass is 267 g/mol. The third kappa shape index (κ3) is 4.18. The number of aromatic hydroxyl groups is 1. The second-order valence-electron chi connectivity index (χ2n) is 4.74. The van der Waals surface area contributed by atoms with Crippen molar-refractivity contribution in [3.05, 3.63) is 29.8 Å². The lowest BCUT2D eigenvalue weighted by Crippen LogP contribution is -2.34. The Morgan fingerprint density at radius 1 is 1.26 bits per heavy atom. The fraction of sp³-hybridized carbons (Fsp3) is 0.571. The van der Waals surface area contributed by atoms with E-state index in [0.717, 1.165) is 18.5 Å². The van der Waals surface area contributed by atoms with Gasteiger partial charge in [-0.05, 0) is 24.6 Å². The van der Waals surface area contributed by atoms with E-state index in [-0.39, 0.29) is 18.1 Å².